The second-order valence-electron chi connectivity index (χ2n) is 9.25. The van der Waals surface area contributed by atoms with Crippen molar-refractivity contribution in [1.82, 2.24) is 30.0 Å². The molecule has 0 unspecified atom stereocenters. The molecule has 0 fully saturated rings. The number of aromatic nitrogens is 4. The van der Waals surface area contributed by atoms with Gasteiger partial charge in [-0.15, -0.1) is 0 Å². The first-order chi connectivity index (χ1) is 18.1. The Balaban J connectivity index is 1.31. The smallest absolute Gasteiger partial charge is 0.294 e. The Morgan fingerprint density at radius 1 is 1.08 bits per heavy atom. The zero-order valence-corrected chi connectivity index (χ0v) is 20.9. The first-order valence-electron chi connectivity index (χ1n) is 12.5. The van der Waals surface area contributed by atoms with Crippen LogP contribution in [0, 0.1) is 0 Å². The number of carbonyl (C=O) groups excluding carboxylic acids is 1. The van der Waals surface area contributed by atoms with Crippen LogP contribution in [0.1, 0.15) is 22.3 Å². The fourth-order valence-corrected chi connectivity index (χ4v) is 4.56. The molecule has 0 spiro atoms. The van der Waals surface area contributed by atoms with Crippen molar-refractivity contribution in [2.75, 3.05) is 18.4 Å². The fourth-order valence-electron chi connectivity index (χ4n) is 4.56. The Morgan fingerprint density at radius 2 is 1.95 bits per heavy atom. The highest BCUT2D eigenvalue weighted by atomic mass is 16.2. The highest BCUT2D eigenvalue weighted by Crippen LogP contribution is 2.18. The van der Waals surface area contributed by atoms with Crippen molar-refractivity contribution in [3.8, 4) is 11.3 Å². The molecule has 0 saturated heterocycles. The molecule has 3 heterocycles. The van der Waals surface area contributed by atoms with Gasteiger partial charge in [0.2, 0.25) is 5.91 Å². The first-order valence-corrected chi connectivity index (χ1v) is 12.5. The largest absolute Gasteiger partial charge is 0.365 e. The summed E-state index contributed by atoms with van der Waals surface area (Å²) >= 11 is 0. The standard InChI is InChI=1S/C28H31N7O2/c1-34-18-24(16-33-34)25-17-32-27(30-12-9-20-5-3-2-4-6-20)28(37)35(25)19-26(36)31-14-21-7-8-23-15-29-11-10-22(23)13-21/h2-8,13,16-18,29H,9-12,14-15,19H2,1H3,(H,30,32)(H,31,36). The van der Waals surface area contributed by atoms with Gasteiger partial charge in [-0.05, 0) is 41.6 Å². The Bertz CT molecular complexity index is 1440. The minimum atomic E-state index is -0.342. The van der Waals surface area contributed by atoms with Crippen molar-refractivity contribution in [3.63, 3.8) is 0 Å². The molecular weight excluding hydrogens is 466 g/mol. The van der Waals surface area contributed by atoms with Crippen molar-refractivity contribution in [2.45, 2.75) is 32.5 Å². The van der Waals surface area contributed by atoms with E-state index in [0.29, 0.717) is 18.8 Å². The first kappa shape index (κ1) is 24.5. The zero-order valence-electron chi connectivity index (χ0n) is 20.9. The summed E-state index contributed by atoms with van der Waals surface area (Å²) in [5.74, 6) is -0.0206. The van der Waals surface area contributed by atoms with Crippen LogP contribution in [-0.2, 0) is 44.3 Å². The average Bonchev–Trinajstić information content (AvgIpc) is 3.36. The number of rotatable bonds is 9. The van der Waals surface area contributed by atoms with Gasteiger partial charge < -0.3 is 16.0 Å². The number of benzene rings is 2. The molecule has 1 amide bonds. The molecule has 0 atom stereocenters. The molecule has 2 aromatic heterocycles. The minimum Gasteiger partial charge on any atom is -0.365 e. The summed E-state index contributed by atoms with van der Waals surface area (Å²) < 4.78 is 3.12. The van der Waals surface area contributed by atoms with Gasteiger partial charge in [-0.25, -0.2) is 4.98 Å². The zero-order chi connectivity index (χ0) is 25.6. The van der Waals surface area contributed by atoms with Crippen LogP contribution >= 0.6 is 0 Å². The molecule has 37 heavy (non-hydrogen) atoms. The number of amides is 1. The average molecular weight is 498 g/mol. The number of fused-ring (bicyclic) bond motifs is 1. The molecule has 9 heteroatoms. The molecular formula is C28H31N7O2. The van der Waals surface area contributed by atoms with Gasteiger partial charge in [0.15, 0.2) is 5.82 Å². The molecule has 2 aromatic carbocycles. The molecule has 1 aliphatic heterocycles. The number of carbonyl (C=O) groups is 1. The van der Waals surface area contributed by atoms with Gasteiger partial charge in [0.25, 0.3) is 5.56 Å². The van der Waals surface area contributed by atoms with Crippen LogP contribution in [-0.4, -0.2) is 38.3 Å². The molecule has 0 saturated carbocycles. The van der Waals surface area contributed by atoms with Gasteiger partial charge in [0.1, 0.15) is 6.54 Å². The van der Waals surface area contributed by atoms with E-state index in [2.05, 4.69) is 38.2 Å². The molecule has 1 aliphatic rings. The summed E-state index contributed by atoms with van der Waals surface area (Å²) in [5.41, 5.74) is 5.76. The van der Waals surface area contributed by atoms with Crippen LogP contribution < -0.4 is 21.5 Å². The van der Waals surface area contributed by atoms with Crippen LogP contribution in [0.4, 0.5) is 5.82 Å². The van der Waals surface area contributed by atoms with Gasteiger partial charge >= 0.3 is 0 Å². The normalized spacial score (nSPS) is 12.7. The van der Waals surface area contributed by atoms with Crippen LogP contribution in [0.2, 0.25) is 0 Å². The molecule has 5 rings (SSSR count). The summed E-state index contributed by atoms with van der Waals surface area (Å²) in [6.45, 7) is 2.69. The van der Waals surface area contributed by atoms with E-state index in [1.165, 1.54) is 21.3 Å². The molecule has 0 radical (unpaired) electrons. The second kappa shape index (κ2) is 11.2. The topological polar surface area (TPSA) is 106 Å². The maximum atomic E-state index is 13.4. The van der Waals surface area contributed by atoms with Gasteiger partial charge in [-0.2, -0.15) is 5.10 Å². The third kappa shape index (κ3) is 5.95. The molecule has 9 nitrogen and oxygen atoms in total. The number of anilines is 1. The number of aryl methyl sites for hydroxylation is 1. The number of nitrogens with one attached hydrogen (secondary N) is 3. The van der Waals surface area contributed by atoms with E-state index in [1.807, 2.05) is 36.4 Å². The molecule has 0 aliphatic carbocycles. The number of hydrogen-bond donors (Lipinski definition) is 3. The Kier molecular flexibility index (Phi) is 7.41. The molecule has 0 bridgehead atoms. The highest BCUT2D eigenvalue weighted by Gasteiger charge is 2.16. The highest BCUT2D eigenvalue weighted by molar-refractivity contribution is 5.76. The fraction of sp³-hybridized carbons (Fsp3) is 0.286. The lowest BCUT2D eigenvalue weighted by molar-refractivity contribution is -0.121. The predicted octanol–water partition coefficient (Wildman–Crippen LogP) is 2.26. The molecule has 190 valence electrons. The maximum absolute atomic E-state index is 13.4. The lowest BCUT2D eigenvalue weighted by Gasteiger charge is -2.18. The van der Waals surface area contributed by atoms with Crippen LogP contribution in [0.25, 0.3) is 11.3 Å². The van der Waals surface area contributed by atoms with E-state index in [4.69, 9.17) is 0 Å². The SMILES string of the molecule is Cn1cc(-c2cnc(NCCc3ccccc3)c(=O)n2CC(=O)NCc2ccc3c(c2)CCNC3)cn1. The minimum absolute atomic E-state index is 0.117. The summed E-state index contributed by atoms with van der Waals surface area (Å²) in [5, 5.41) is 13.7. The van der Waals surface area contributed by atoms with E-state index in [1.54, 1.807) is 30.3 Å². The van der Waals surface area contributed by atoms with Crippen LogP contribution in [0.15, 0.2) is 71.9 Å². The number of hydrogen-bond acceptors (Lipinski definition) is 6. The van der Waals surface area contributed by atoms with Gasteiger partial charge in [-0.3, -0.25) is 18.8 Å². The van der Waals surface area contributed by atoms with E-state index in [0.717, 1.165) is 37.1 Å². The third-order valence-electron chi connectivity index (χ3n) is 6.55. The molecule has 4 aromatic rings. The quantitative estimate of drug-likeness (QED) is 0.328. The van der Waals surface area contributed by atoms with E-state index < -0.39 is 0 Å². The van der Waals surface area contributed by atoms with Crippen LogP contribution in [0.3, 0.4) is 0 Å². The summed E-state index contributed by atoms with van der Waals surface area (Å²) in [6.07, 6.45) is 6.82. The summed E-state index contributed by atoms with van der Waals surface area (Å²) in [6, 6.07) is 16.4. The maximum Gasteiger partial charge on any atom is 0.294 e. The monoisotopic (exact) mass is 497 g/mol. The van der Waals surface area contributed by atoms with Gasteiger partial charge in [0, 0.05) is 38.4 Å². The third-order valence-corrected chi connectivity index (χ3v) is 6.55. The Hall–Kier alpha value is -4.24. The van der Waals surface area contributed by atoms with E-state index in [-0.39, 0.29) is 23.8 Å². The lowest BCUT2D eigenvalue weighted by atomic mass is 9.98. The summed E-state index contributed by atoms with van der Waals surface area (Å²) in [4.78, 5) is 30.8. The second-order valence-corrected chi connectivity index (χ2v) is 9.25. The van der Waals surface area contributed by atoms with Crippen LogP contribution in [0.5, 0.6) is 0 Å². The van der Waals surface area contributed by atoms with E-state index in [9.17, 15) is 9.59 Å². The predicted molar refractivity (Wildman–Crippen MR) is 143 cm³/mol. The Morgan fingerprint density at radius 3 is 2.76 bits per heavy atom. The van der Waals surface area contributed by atoms with Crippen molar-refractivity contribution in [2.24, 2.45) is 7.05 Å². The van der Waals surface area contributed by atoms with Crippen molar-refractivity contribution in [3.05, 3.63) is 99.7 Å². The van der Waals surface area contributed by atoms with Gasteiger partial charge in [0.05, 0.1) is 18.1 Å². The van der Waals surface area contributed by atoms with E-state index >= 15 is 0 Å². The summed E-state index contributed by atoms with van der Waals surface area (Å²) in [7, 11) is 1.81. The van der Waals surface area contributed by atoms with Crippen molar-refractivity contribution < 1.29 is 4.79 Å². The number of nitrogens with zero attached hydrogens (tertiary/aromatic N) is 4. The molecule has 3 N–H and O–H groups in total. The Labute approximate surface area is 215 Å². The lowest BCUT2D eigenvalue weighted by Crippen LogP contribution is -2.34. The van der Waals surface area contributed by atoms with Crippen molar-refractivity contribution in [1.29, 1.82) is 0 Å². The van der Waals surface area contributed by atoms with Gasteiger partial charge in [-0.1, -0.05) is 48.5 Å². The van der Waals surface area contributed by atoms with Crippen molar-refractivity contribution >= 4 is 11.7 Å².